The Hall–Kier alpha value is -3.09. The van der Waals surface area contributed by atoms with Gasteiger partial charge in [-0.15, -0.1) is 0 Å². The molecule has 7 heteroatoms. The van der Waals surface area contributed by atoms with Crippen molar-refractivity contribution in [2.75, 3.05) is 25.0 Å². The Bertz CT molecular complexity index is 856. The van der Waals surface area contributed by atoms with E-state index in [0.29, 0.717) is 38.1 Å². The standard InChI is InChI=1S/C22H28N4O3/c1-4-29-22(28)26-10-8-18(9-11-26)25-21(27)17-12-19(14-23-13-17)24-20-15(2)6-5-7-16(20)3/h5-7,12-14,18,24H,4,8-11H2,1-3H3,(H,25,27). The van der Waals surface area contributed by atoms with Gasteiger partial charge in [-0.25, -0.2) is 4.79 Å². The minimum Gasteiger partial charge on any atom is -0.450 e. The van der Waals surface area contributed by atoms with Gasteiger partial charge in [0.2, 0.25) is 0 Å². The molecule has 2 heterocycles. The Balaban J connectivity index is 1.60. The van der Waals surface area contributed by atoms with Gasteiger partial charge in [-0.2, -0.15) is 0 Å². The van der Waals surface area contributed by atoms with Crippen LogP contribution in [-0.4, -0.2) is 47.6 Å². The van der Waals surface area contributed by atoms with E-state index in [1.54, 1.807) is 24.2 Å². The fourth-order valence-electron chi connectivity index (χ4n) is 3.48. The molecule has 29 heavy (non-hydrogen) atoms. The average molecular weight is 396 g/mol. The smallest absolute Gasteiger partial charge is 0.409 e. The third-order valence-electron chi connectivity index (χ3n) is 5.11. The molecule has 0 aliphatic carbocycles. The van der Waals surface area contributed by atoms with E-state index < -0.39 is 0 Å². The summed E-state index contributed by atoms with van der Waals surface area (Å²) in [6, 6.07) is 7.94. The van der Waals surface area contributed by atoms with Gasteiger partial charge in [0.05, 0.1) is 24.1 Å². The lowest BCUT2D eigenvalue weighted by Gasteiger charge is -2.31. The highest BCUT2D eigenvalue weighted by atomic mass is 16.6. The van der Waals surface area contributed by atoms with E-state index in [-0.39, 0.29) is 18.0 Å². The van der Waals surface area contributed by atoms with Crippen LogP contribution in [0.1, 0.15) is 41.3 Å². The molecule has 1 aromatic carbocycles. The molecule has 1 aliphatic heterocycles. The number of rotatable bonds is 5. The summed E-state index contributed by atoms with van der Waals surface area (Å²) in [7, 11) is 0. The Morgan fingerprint density at radius 3 is 2.52 bits per heavy atom. The van der Waals surface area contributed by atoms with E-state index >= 15 is 0 Å². The van der Waals surface area contributed by atoms with Crippen molar-refractivity contribution >= 4 is 23.4 Å². The van der Waals surface area contributed by atoms with Gasteiger partial charge in [-0.05, 0) is 50.8 Å². The molecule has 2 aromatic rings. The number of pyridine rings is 1. The summed E-state index contributed by atoms with van der Waals surface area (Å²) < 4.78 is 5.03. The molecule has 0 radical (unpaired) electrons. The fraction of sp³-hybridized carbons (Fsp3) is 0.409. The van der Waals surface area contributed by atoms with Gasteiger partial charge in [0.1, 0.15) is 0 Å². The lowest BCUT2D eigenvalue weighted by Crippen LogP contribution is -2.46. The highest BCUT2D eigenvalue weighted by Crippen LogP contribution is 2.24. The highest BCUT2D eigenvalue weighted by Gasteiger charge is 2.25. The van der Waals surface area contributed by atoms with Gasteiger partial charge < -0.3 is 20.3 Å². The first-order valence-electron chi connectivity index (χ1n) is 9.98. The van der Waals surface area contributed by atoms with Crippen LogP contribution in [0.25, 0.3) is 0 Å². The molecule has 2 N–H and O–H groups in total. The second-order valence-electron chi connectivity index (χ2n) is 7.29. The SMILES string of the molecule is CCOC(=O)N1CCC(NC(=O)c2cncc(Nc3c(C)cccc3C)c2)CC1. The van der Waals surface area contributed by atoms with Crippen LogP contribution >= 0.6 is 0 Å². The number of aromatic nitrogens is 1. The largest absolute Gasteiger partial charge is 0.450 e. The number of likely N-dealkylation sites (tertiary alicyclic amines) is 1. The van der Waals surface area contributed by atoms with E-state index in [2.05, 4.69) is 15.6 Å². The number of nitrogens with one attached hydrogen (secondary N) is 2. The second kappa shape index (κ2) is 9.41. The summed E-state index contributed by atoms with van der Waals surface area (Å²) >= 11 is 0. The summed E-state index contributed by atoms with van der Waals surface area (Å²) in [5.74, 6) is -0.155. The normalized spacial score (nSPS) is 14.4. The first-order valence-corrected chi connectivity index (χ1v) is 9.98. The molecule has 0 unspecified atom stereocenters. The number of amides is 2. The molecule has 1 saturated heterocycles. The van der Waals surface area contributed by atoms with Crippen LogP contribution in [0.15, 0.2) is 36.7 Å². The molecule has 2 amide bonds. The van der Waals surface area contributed by atoms with Gasteiger partial charge in [0.25, 0.3) is 5.91 Å². The van der Waals surface area contributed by atoms with Crippen molar-refractivity contribution in [3.8, 4) is 0 Å². The summed E-state index contributed by atoms with van der Waals surface area (Å²) in [5.41, 5.74) is 4.57. The number of nitrogens with zero attached hydrogens (tertiary/aromatic N) is 2. The Morgan fingerprint density at radius 1 is 1.17 bits per heavy atom. The molecular weight excluding hydrogens is 368 g/mol. The maximum absolute atomic E-state index is 12.7. The first kappa shape index (κ1) is 20.6. The first-order chi connectivity index (χ1) is 14.0. The van der Waals surface area contributed by atoms with E-state index in [4.69, 9.17) is 4.74 Å². The molecule has 154 valence electrons. The van der Waals surface area contributed by atoms with Gasteiger partial charge in [0.15, 0.2) is 0 Å². The number of carbonyl (C=O) groups excluding carboxylic acids is 2. The summed E-state index contributed by atoms with van der Waals surface area (Å²) in [4.78, 5) is 30.4. The monoisotopic (exact) mass is 396 g/mol. The maximum atomic E-state index is 12.7. The molecule has 0 saturated carbocycles. The molecule has 0 spiro atoms. The number of piperidine rings is 1. The minimum atomic E-state index is -0.285. The van der Waals surface area contributed by atoms with E-state index in [9.17, 15) is 9.59 Å². The maximum Gasteiger partial charge on any atom is 0.409 e. The van der Waals surface area contributed by atoms with Crippen molar-refractivity contribution in [2.45, 2.75) is 39.7 Å². The molecule has 0 bridgehead atoms. The Kier molecular flexibility index (Phi) is 6.69. The van der Waals surface area contributed by atoms with Gasteiger partial charge in [0, 0.05) is 31.0 Å². The number of hydrogen-bond donors (Lipinski definition) is 2. The fourth-order valence-corrected chi connectivity index (χ4v) is 3.48. The van der Waals surface area contributed by atoms with Crippen LogP contribution in [0.2, 0.25) is 0 Å². The molecule has 1 aromatic heterocycles. The molecule has 1 aliphatic rings. The quantitative estimate of drug-likeness (QED) is 0.803. The van der Waals surface area contributed by atoms with E-state index in [1.807, 2.05) is 38.1 Å². The van der Waals surface area contributed by atoms with Crippen LogP contribution < -0.4 is 10.6 Å². The van der Waals surface area contributed by atoms with Crippen LogP contribution in [0.4, 0.5) is 16.2 Å². The second-order valence-corrected chi connectivity index (χ2v) is 7.29. The Morgan fingerprint density at radius 2 is 1.86 bits per heavy atom. The van der Waals surface area contributed by atoms with Crippen molar-refractivity contribution in [3.05, 3.63) is 53.3 Å². The van der Waals surface area contributed by atoms with E-state index in [1.165, 1.54) is 0 Å². The number of hydrogen-bond acceptors (Lipinski definition) is 5. The molecule has 0 atom stereocenters. The third-order valence-corrected chi connectivity index (χ3v) is 5.11. The van der Waals surface area contributed by atoms with Crippen LogP contribution in [0.3, 0.4) is 0 Å². The zero-order chi connectivity index (χ0) is 20.8. The molecule has 3 rings (SSSR count). The summed E-state index contributed by atoms with van der Waals surface area (Å²) in [5, 5.41) is 6.42. The van der Waals surface area contributed by atoms with Crippen molar-refractivity contribution in [1.82, 2.24) is 15.2 Å². The van der Waals surface area contributed by atoms with Crippen molar-refractivity contribution in [1.29, 1.82) is 0 Å². The van der Waals surface area contributed by atoms with Crippen molar-refractivity contribution in [3.63, 3.8) is 0 Å². The van der Waals surface area contributed by atoms with E-state index in [0.717, 1.165) is 22.5 Å². The zero-order valence-corrected chi connectivity index (χ0v) is 17.2. The topological polar surface area (TPSA) is 83.6 Å². The van der Waals surface area contributed by atoms with Crippen molar-refractivity contribution < 1.29 is 14.3 Å². The summed E-state index contributed by atoms with van der Waals surface area (Å²) in [6.07, 6.45) is 4.41. The van der Waals surface area contributed by atoms with Crippen LogP contribution in [-0.2, 0) is 4.74 Å². The highest BCUT2D eigenvalue weighted by molar-refractivity contribution is 5.95. The predicted octanol–water partition coefficient (Wildman–Crippen LogP) is 3.79. The number of ether oxygens (including phenoxy) is 1. The van der Waals surface area contributed by atoms with Gasteiger partial charge >= 0.3 is 6.09 Å². The lowest BCUT2D eigenvalue weighted by molar-refractivity contribution is 0.0860. The number of anilines is 2. The number of aryl methyl sites for hydroxylation is 2. The van der Waals surface area contributed by atoms with Gasteiger partial charge in [-0.1, -0.05) is 18.2 Å². The summed E-state index contributed by atoms with van der Waals surface area (Å²) in [6.45, 7) is 7.41. The number of benzene rings is 1. The Labute approximate surface area is 171 Å². The third kappa shape index (κ3) is 5.25. The molecule has 7 nitrogen and oxygen atoms in total. The predicted molar refractivity (Wildman–Crippen MR) is 113 cm³/mol. The molecular formula is C22H28N4O3. The minimum absolute atomic E-state index is 0.0309. The van der Waals surface area contributed by atoms with Crippen LogP contribution in [0.5, 0.6) is 0 Å². The zero-order valence-electron chi connectivity index (χ0n) is 17.2. The average Bonchev–Trinajstić information content (AvgIpc) is 2.72. The van der Waals surface area contributed by atoms with Crippen LogP contribution in [0, 0.1) is 13.8 Å². The van der Waals surface area contributed by atoms with Crippen molar-refractivity contribution in [2.24, 2.45) is 0 Å². The van der Waals surface area contributed by atoms with Gasteiger partial charge in [-0.3, -0.25) is 9.78 Å². The number of carbonyl (C=O) groups is 2. The number of para-hydroxylation sites is 1. The lowest BCUT2D eigenvalue weighted by atomic mass is 10.0. The molecule has 1 fully saturated rings.